The molecule has 0 amide bonds. The van der Waals surface area contributed by atoms with Crippen LogP contribution in [0.15, 0.2) is 18.2 Å². The smallest absolute Gasteiger partial charge is 0.159 e. The Morgan fingerprint density at radius 3 is 2.90 bits per heavy atom. The first-order chi connectivity index (χ1) is 10.2. The summed E-state index contributed by atoms with van der Waals surface area (Å²) in [5.41, 5.74) is 0.889. The number of likely N-dealkylation sites (tertiary alicyclic amines) is 1. The van der Waals surface area contributed by atoms with Crippen LogP contribution in [0, 0.1) is 17.6 Å². The standard InChI is InChI=1S/C17H25F2NO/c1-2-21-11-10-20-9-3-4-15(13-20)6-5-14-7-8-16(18)17(19)12-14/h7-8,12,15H,2-6,9-11,13H2,1H3. The first-order valence-electron chi connectivity index (χ1n) is 7.93. The van der Waals surface area contributed by atoms with Gasteiger partial charge in [-0.2, -0.15) is 0 Å². The van der Waals surface area contributed by atoms with E-state index in [0.29, 0.717) is 5.92 Å². The van der Waals surface area contributed by atoms with Gasteiger partial charge in [0.1, 0.15) is 0 Å². The molecule has 118 valence electrons. The second-order valence-corrected chi connectivity index (χ2v) is 5.79. The normalized spacial score (nSPS) is 19.9. The fraction of sp³-hybridized carbons (Fsp3) is 0.647. The molecule has 1 heterocycles. The molecule has 21 heavy (non-hydrogen) atoms. The van der Waals surface area contributed by atoms with Crippen molar-refractivity contribution in [3.63, 3.8) is 0 Å². The molecule has 0 bridgehead atoms. The maximum atomic E-state index is 13.2. The second-order valence-electron chi connectivity index (χ2n) is 5.79. The van der Waals surface area contributed by atoms with Crippen LogP contribution >= 0.6 is 0 Å². The summed E-state index contributed by atoms with van der Waals surface area (Å²) in [6, 6.07) is 4.24. The fourth-order valence-electron chi connectivity index (χ4n) is 2.99. The molecule has 2 nitrogen and oxygen atoms in total. The lowest BCUT2D eigenvalue weighted by Gasteiger charge is -2.32. The summed E-state index contributed by atoms with van der Waals surface area (Å²) in [7, 11) is 0. The zero-order valence-corrected chi connectivity index (χ0v) is 12.8. The molecule has 0 spiro atoms. The first kappa shape index (κ1) is 16.4. The van der Waals surface area contributed by atoms with Crippen LogP contribution in [-0.2, 0) is 11.2 Å². The molecular weight excluding hydrogens is 272 g/mol. The van der Waals surface area contributed by atoms with Gasteiger partial charge in [0.2, 0.25) is 0 Å². The van der Waals surface area contributed by atoms with Gasteiger partial charge >= 0.3 is 0 Å². The van der Waals surface area contributed by atoms with Crippen LogP contribution in [0.1, 0.15) is 31.7 Å². The minimum absolute atomic E-state index is 0.647. The molecule has 0 N–H and O–H groups in total. The van der Waals surface area contributed by atoms with Crippen LogP contribution in [0.2, 0.25) is 0 Å². The van der Waals surface area contributed by atoms with Gasteiger partial charge in [-0.25, -0.2) is 8.78 Å². The van der Waals surface area contributed by atoms with Gasteiger partial charge in [-0.1, -0.05) is 6.07 Å². The lowest BCUT2D eigenvalue weighted by Crippen LogP contribution is -2.37. The highest BCUT2D eigenvalue weighted by atomic mass is 19.2. The molecule has 0 radical (unpaired) electrons. The highest BCUT2D eigenvalue weighted by Crippen LogP contribution is 2.22. The molecule has 4 heteroatoms. The largest absolute Gasteiger partial charge is 0.380 e. The Kier molecular flexibility index (Phi) is 6.58. The summed E-state index contributed by atoms with van der Waals surface area (Å²) in [5.74, 6) is -0.860. The number of hydrogen-bond donors (Lipinski definition) is 0. The van der Waals surface area contributed by atoms with E-state index in [1.165, 1.54) is 25.0 Å². The second kappa shape index (κ2) is 8.44. The number of benzene rings is 1. The van der Waals surface area contributed by atoms with E-state index < -0.39 is 11.6 Å². The van der Waals surface area contributed by atoms with Gasteiger partial charge in [0.15, 0.2) is 11.6 Å². The molecule has 1 aromatic carbocycles. The summed E-state index contributed by atoms with van der Waals surface area (Å²) in [6.07, 6.45) is 4.31. The lowest BCUT2D eigenvalue weighted by molar-refractivity contribution is 0.0903. The van der Waals surface area contributed by atoms with Crippen molar-refractivity contribution in [1.29, 1.82) is 0 Å². The molecule has 1 saturated heterocycles. The van der Waals surface area contributed by atoms with Gasteiger partial charge in [0, 0.05) is 19.7 Å². The Bertz CT molecular complexity index is 439. The van der Waals surface area contributed by atoms with Crippen LogP contribution in [0.4, 0.5) is 8.78 Å². The maximum absolute atomic E-state index is 13.2. The Balaban J connectivity index is 1.75. The van der Waals surface area contributed by atoms with Crippen LogP contribution in [-0.4, -0.2) is 37.7 Å². The van der Waals surface area contributed by atoms with Crippen molar-refractivity contribution < 1.29 is 13.5 Å². The number of halogens is 2. The molecule has 1 atom stereocenters. The van der Waals surface area contributed by atoms with E-state index in [-0.39, 0.29) is 0 Å². The Hall–Kier alpha value is -1.00. The van der Waals surface area contributed by atoms with E-state index in [4.69, 9.17) is 4.74 Å². The molecule has 0 saturated carbocycles. The van der Waals surface area contributed by atoms with E-state index in [1.807, 2.05) is 6.92 Å². The predicted octanol–water partition coefficient (Wildman–Crippen LogP) is 3.65. The first-order valence-corrected chi connectivity index (χ1v) is 7.93. The van der Waals surface area contributed by atoms with Crippen LogP contribution in [0.3, 0.4) is 0 Å². The Morgan fingerprint density at radius 2 is 2.14 bits per heavy atom. The third kappa shape index (κ3) is 5.36. The minimum atomic E-state index is -0.765. The molecule has 1 unspecified atom stereocenters. The van der Waals surface area contributed by atoms with Crippen molar-refractivity contribution >= 4 is 0 Å². The average Bonchev–Trinajstić information content (AvgIpc) is 2.49. The Labute approximate surface area is 126 Å². The van der Waals surface area contributed by atoms with Crippen LogP contribution < -0.4 is 0 Å². The zero-order valence-electron chi connectivity index (χ0n) is 12.8. The zero-order chi connectivity index (χ0) is 15.1. The molecule has 1 fully saturated rings. The van der Waals surface area contributed by atoms with Gasteiger partial charge in [-0.3, -0.25) is 0 Å². The van der Waals surface area contributed by atoms with E-state index in [0.717, 1.165) is 51.3 Å². The number of aryl methyl sites for hydroxylation is 1. The number of nitrogens with zero attached hydrogens (tertiary/aromatic N) is 1. The summed E-state index contributed by atoms with van der Waals surface area (Å²) < 4.78 is 31.5. The fourth-order valence-corrected chi connectivity index (χ4v) is 2.99. The monoisotopic (exact) mass is 297 g/mol. The average molecular weight is 297 g/mol. The molecule has 1 aromatic rings. The predicted molar refractivity (Wildman–Crippen MR) is 80.3 cm³/mol. The summed E-state index contributed by atoms with van der Waals surface area (Å²) >= 11 is 0. The van der Waals surface area contributed by atoms with Gasteiger partial charge in [0.25, 0.3) is 0 Å². The number of ether oxygens (including phenoxy) is 1. The van der Waals surface area contributed by atoms with E-state index in [1.54, 1.807) is 6.07 Å². The van der Waals surface area contributed by atoms with Crippen molar-refractivity contribution in [2.45, 2.75) is 32.6 Å². The molecule has 1 aliphatic heterocycles. The van der Waals surface area contributed by atoms with E-state index >= 15 is 0 Å². The number of rotatable bonds is 7. The summed E-state index contributed by atoms with van der Waals surface area (Å²) in [6.45, 7) is 6.82. The SMILES string of the molecule is CCOCCN1CCCC(CCc2ccc(F)c(F)c2)C1. The van der Waals surface area contributed by atoms with Gasteiger partial charge in [-0.05, 0) is 62.8 Å². The molecule has 1 aliphatic rings. The van der Waals surface area contributed by atoms with Crippen LogP contribution in [0.25, 0.3) is 0 Å². The molecular formula is C17H25F2NO. The van der Waals surface area contributed by atoms with Gasteiger partial charge in [-0.15, -0.1) is 0 Å². The Morgan fingerprint density at radius 1 is 1.29 bits per heavy atom. The number of piperidine rings is 1. The van der Waals surface area contributed by atoms with E-state index in [2.05, 4.69) is 4.90 Å². The van der Waals surface area contributed by atoms with Crippen molar-refractivity contribution in [3.8, 4) is 0 Å². The van der Waals surface area contributed by atoms with Crippen molar-refractivity contribution in [3.05, 3.63) is 35.4 Å². The lowest BCUT2D eigenvalue weighted by atomic mass is 9.91. The molecule has 0 aromatic heterocycles. The van der Waals surface area contributed by atoms with E-state index in [9.17, 15) is 8.78 Å². The molecule has 0 aliphatic carbocycles. The third-order valence-corrected chi connectivity index (χ3v) is 4.18. The topological polar surface area (TPSA) is 12.5 Å². The van der Waals surface area contributed by atoms with Crippen LogP contribution in [0.5, 0.6) is 0 Å². The maximum Gasteiger partial charge on any atom is 0.159 e. The summed E-state index contributed by atoms with van der Waals surface area (Å²) in [5, 5.41) is 0. The quantitative estimate of drug-likeness (QED) is 0.712. The third-order valence-electron chi connectivity index (χ3n) is 4.18. The number of hydrogen-bond acceptors (Lipinski definition) is 2. The van der Waals surface area contributed by atoms with Crippen molar-refractivity contribution in [2.75, 3.05) is 32.8 Å². The summed E-state index contributed by atoms with van der Waals surface area (Å²) in [4.78, 5) is 2.45. The van der Waals surface area contributed by atoms with Crippen molar-refractivity contribution in [1.82, 2.24) is 4.90 Å². The molecule has 2 rings (SSSR count). The highest BCUT2D eigenvalue weighted by Gasteiger charge is 2.19. The minimum Gasteiger partial charge on any atom is -0.380 e. The van der Waals surface area contributed by atoms with Gasteiger partial charge in [0.05, 0.1) is 6.61 Å². The highest BCUT2D eigenvalue weighted by molar-refractivity contribution is 5.17. The van der Waals surface area contributed by atoms with Crippen molar-refractivity contribution in [2.24, 2.45) is 5.92 Å². The van der Waals surface area contributed by atoms with Gasteiger partial charge < -0.3 is 9.64 Å².